The summed E-state index contributed by atoms with van der Waals surface area (Å²) in [4.78, 5) is 1.78. The Morgan fingerprint density at radius 1 is 1.18 bits per heavy atom. The van der Waals surface area contributed by atoms with Crippen molar-refractivity contribution in [2.45, 2.75) is 37.6 Å². The Morgan fingerprint density at radius 3 is 2.46 bits per heavy atom. The molecule has 1 atom stereocenters. The van der Waals surface area contributed by atoms with Crippen molar-refractivity contribution >= 4 is 5.69 Å². The zero-order valence-corrected chi connectivity index (χ0v) is 16.0. The zero-order valence-electron chi connectivity index (χ0n) is 16.0. The molecule has 1 aliphatic carbocycles. The summed E-state index contributed by atoms with van der Waals surface area (Å²) in [5.74, 6) is -4.72. The van der Waals surface area contributed by atoms with Crippen LogP contribution >= 0.6 is 0 Å². The molecule has 1 fully saturated rings. The van der Waals surface area contributed by atoms with E-state index in [1.165, 1.54) is 6.07 Å². The minimum Gasteiger partial charge on any atom is -0.387 e. The minimum absolute atomic E-state index is 0.181. The molecule has 1 aliphatic rings. The molecule has 150 valence electrons. The molecule has 3 rings (SSSR count). The molecule has 6 heteroatoms. The molecule has 2 aromatic rings. The second-order valence-corrected chi connectivity index (χ2v) is 7.26. The largest absolute Gasteiger partial charge is 0.387 e. The van der Waals surface area contributed by atoms with E-state index in [0.29, 0.717) is 17.9 Å². The van der Waals surface area contributed by atoms with E-state index in [0.717, 1.165) is 23.3 Å². The quantitative estimate of drug-likeness (QED) is 0.601. The fourth-order valence-electron chi connectivity index (χ4n) is 3.82. The maximum atomic E-state index is 13.8. The minimum atomic E-state index is -2.63. The molecule has 0 bridgehead atoms. The highest BCUT2D eigenvalue weighted by molar-refractivity contribution is 5.53. The van der Waals surface area contributed by atoms with E-state index in [1.807, 2.05) is 31.2 Å². The molecule has 1 unspecified atom stereocenters. The van der Waals surface area contributed by atoms with E-state index in [1.54, 1.807) is 11.9 Å². The van der Waals surface area contributed by atoms with Crippen LogP contribution in [0.25, 0.3) is 0 Å². The van der Waals surface area contributed by atoms with Crippen molar-refractivity contribution in [2.75, 3.05) is 18.5 Å². The number of benzene rings is 2. The molecule has 1 saturated carbocycles. The van der Waals surface area contributed by atoms with Crippen LogP contribution in [-0.2, 0) is 0 Å². The SMILES string of the molecule is C=C(NCC)C(c1ccccc1C1CC(F)(F)C1)N(C)c1ccc(F)c(F)c1. The van der Waals surface area contributed by atoms with Gasteiger partial charge in [-0.2, -0.15) is 0 Å². The first kappa shape index (κ1) is 20.2. The highest BCUT2D eigenvalue weighted by atomic mass is 19.3. The normalized spacial score (nSPS) is 16.9. The maximum Gasteiger partial charge on any atom is 0.249 e. The van der Waals surface area contributed by atoms with Crippen LogP contribution < -0.4 is 10.2 Å². The van der Waals surface area contributed by atoms with Crippen molar-refractivity contribution in [3.63, 3.8) is 0 Å². The van der Waals surface area contributed by atoms with Gasteiger partial charge in [-0.05, 0) is 36.1 Å². The molecule has 0 heterocycles. The predicted molar refractivity (Wildman–Crippen MR) is 104 cm³/mol. The van der Waals surface area contributed by atoms with E-state index in [9.17, 15) is 17.6 Å². The molecular formula is C22H24F4N2. The third-order valence-corrected chi connectivity index (χ3v) is 5.25. The lowest BCUT2D eigenvalue weighted by Gasteiger charge is -2.39. The van der Waals surface area contributed by atoms with Gasteiger partial charge in [-0.25, -0.2) is 17.6 Å². The van der Waals surface area contributed by atoms with E-state index < -0.39 is 23.6 Å². The lowest BCUT2D eigenvalue weighted by atomic mass is 9.74. The Kier molecular flexibility index (Phi) is 5.68. The third kappa shape index (κ3) is 4.01. The van der Waals surface area contributed by atoms with Crippen LogP contribution in [0.1, 0.15) is 42.9 Å². The number of nitrogens with zero attached hydrogens (tertiary/aromatic N) is 1. The predicted octanol–water partition coefficient (Wildman–Crippen LogP) is 5.78. The van der Waals surface area contributed by atoms with Crippen LogP contribution in [-0.4, -0.2) is 19.5 Å². The molecule has 0 amide bonds. The molecule has 28 heavy (non-hydrogen) atoms. The van der Waals surface area contributed by atoms with Crippen molar-refractivity contribution < 1.29 is 17.6 Å². The molecule has 0 radical (unpaired) electrons. The summed E-state index contributed by atoms with van der Waals surface area (Å²) in [5.41, 5.74) is 2.80. The number of likely N-dealkylation sites (N-methyl/N-ethyl adjacent to an activating group) is 2. The first-order chi connectivity index (χ1) is 13.2. The number of anilines is 1. The Hall–Kier alpha value is -2.50. The van der Waals surface area contributed by atoms with Gasteiger partial charge < -0.3 is 10.2 Å². The number of alkyl halides is 2. The van der Waals surface area contributed by atoms with Crippen LogP contribution in [0.15, 0.2) is 54.7 Å². The number of hydrogen-bond acceptors (Lipinski definition) is 2. The summed E-state index contributed by atoms with van der Waals surface area (Å²) in [6.45, 7) is 6.67. The molecule has 0 saturated heterocycles. The lowest BCUT2D eigenvalue weighted by molar-refractivity contribution is -0.0869. The number of halogens is 4. The Morgan fingerprint density at radius 2 is 1.86 bits per heavy atom. The molecule has 0 aromatic heterocycles. The number of hydrogen-bond donors (Lipinski definition) is 1. The summed E-state index contributed by atoms with van der Waals surface area (Å²) in [7, 11) is 1.76. The van der Waals surface area contributed by atoms with Crippen LogP contribution in [0.4, 0.5) is 23.2 Å². The van der Waals surface area contributed by atoms with Crippen LogP contribution in [0, 0.1) is 11.6 Å². The zero-order chi connectivity index (χ0) is 20.5. The van der Waals surface area contributed by atoms with Gasteiger partial charge in [-0.1, -0.05) is 30.8 Å². The monoisotopic (exact) mass is 392 g/mol. The Labute approximate surface area is 162 Å². The van der Waals surface area contributed by atoms with Gasteiger partial charge in [0.15, 0.2) is 11.6 Å². The maximum absolute atomic E-state index is 13.8. The average Bonchev–Trinajstić information content (AvgIpc) is 2.63. The highest BCUT2D eigenvalue weighted by Crippen LogP contribution is 2.50. The van der Waals surface area contributed by atoms with Crippen molar-refractivity contribution in [1.29, 1.82) is 0 Å². The van der Waals surface area contributed by atoms with E-state index in [4.69, 9.17) is 0 Å². The van der Waals surface area contributed by atoms with Gasteiger partial charge >= 0.3 is 0 Å². The van der Waals surface area contributed by atoms with E-state index in [2.05, 4.69) is 11.9 Å². The molecular weight excluding hydrogens is 368 g/mol. The van der Waals surface area contributed by atoms with Crippen LogP contribution in [0.3, 0.4) is 0 Å². The van der Waals surface area contributed by atoms with Gasteiger partial charge in [0.1, 0.15) is 0 Å². The smallest absolute Gasteiger partial charge is 0.249 e. The standard InChI is InChI=1S/C22H24F4N2/c1-4-27-14(2)21(28(3)16-9-10-19(23)20(24)11-16)18-8-6-5-7-17(18)15-12-22(25,26)13-15/h5-11,15,21,27H,2,4,12-13H2,1,3H3. The van der Waals surface area contributed by atoms with Crippen LogP contribution in [0.5, 0.6) is 0 Å². The van der Waals surface area contributed by atoms with Crippen molar-refractivity contribution in [3.8, 4) is 0 Å². The molecule has 1 N–H and O–H groups in total. The van der Waals surface area contributed by atoms with E-state index >= 15 is 0 Å². The summed E-state index contributed by atoms with van der Waals surface area (Å²) in [6.07, 6.45) is -0.362. The summed E-state index contributed by atoms with van der Waals surface area (Å²) in [6, 6.07) is 10.7. The fourth-order valence-corrected chi connectivity index (χ4v) is 3.82. The van der Waals surface area contributed by atoms with Gasteiger partial charge in [0.25, 0.3) is 0 Å². The van der Waals surface area contributed by atoms with Crippen molar-refractivity contribution in [2.24, 2.45) is 0 Å². The fraction of sp³-hybridized carbons (Fsp3) is 0.364. The van der Waals surface area contributed by atoms with Crippen molar-refractivity contribution in [3.05, 3.63) is 77.5 Å². The summed E-state index contributed by atoms with van der Waals surface area (Å²) >= 11 is 0. The van der Waals surface area contributed by atoms with Gasteiger partial charge in [-0.3, -0.25) is 0 Å². The number of nitrogens with one attached hydrogen (secondary N) is 1. The van der Waals surface area contributed by atoms with Gasteiger partial charge in [0.05, 0.1) is 6.04 Å². The van der Waals surface area contributed by atoms with Gasteiger partial charge in [0.2, 0.25) is 5.92 Å². The Balaban J connectivity index is 2.01. The van der Waals surface area contributed by atoms with E-state index in [-0.39, 0.29) is 18.8 Å². The summed E-state index contributed by atoms with van der Waals surface area (Å²) < 4.78 is 54.1. The topological polar surface area (TPSA) is 15.3 Å². The van der Waals surface area contributed by atoms with Crippen molar-refractivity contribution in [1.82, 2.24) is 5.32 Å². The first-order valence-electron chi connectivity index (χ1n) is 9.30. The second-order valence-electron chi connectivity index (χ2n) is 7.26. The second kappa shape index (κ2) is 7.86. The molecule has 0 spiro atoms. The van der Waals surface area contributed by atoms with Gasteiger partial charge in [0, 0.05) is 43.9 Å². The first-order valence-corrected chi connectivity index (χ1v) is 9.30. The number of rotatable bonds is 7. The van der Waals surface area contributed by atoms with Crippen LogP contribution in [0.2, 0.25) is 0 Å². The Bertz CT molecular complexity index is 857. The average molecular weight is 392 g/mol. The van der Waals surface area contributed by atoms with Gasteiger partial charge in [-0.15, -0.1) is 0 Å². The molecule has 2 nitrogen and oxygen atoms in total. The lowest BCUT2D eigenvalue weighted by Crippen LogP contribution is -2.36. The molecule has 0 aliphatic heterocycles. The highest BCUT2D eigenvalue weighted by Gasteiger charge is 2.47. The molecule has 2 aromatic carbocycles. The third-order valence-electron chi connectivity index (χ3n) is 5.25. The summed E-state index contributed by atoms with van der Waals surface area (Å²) in [5, 5.41) is 3.19.